The SMILES string of the molecule is COc1cc2c(N)csc2cc1N. The summed E-state index contributed by atoms with van der Waals surface area (Å²) in [5.74, 6) is 0.678. The highest BCUT2D eigenvalue weighted by atomic mass is 32.1. The maximum Gasteiger partial charge on any atom is 0.142 e. The lowest BCUT2D eigenvalue weighted by Gasteiger charge is -2.03. The van der Waals surface area contributed by atoms with E-state index >= 15 is 0 Å². The standard InChI is InChI=1S/C9H10N2OS/c1-12-8-2-5-7(11)4-13-9(5)3-6(8)10/h2-4H,10-11H2,1H3. The normalized spacial score (nSPS) is 10.5. The number of anilines is 2. The van der Waals surface area contributed by atoms with Crippen molar-refractivity contribution in [1.29, 1.82) is 0 Å². The van der Waals surface area contributed by atoms with Crippen molar-refractivity contribution in [3.63, 3.8) is 0 Å². The third-order valence-electron chi connectivity index (χ3n) is 1.96. The second-order valence-electron chi connectivity index (χ2n) is 2.78. The predicted octanol–water partition coefficient (Wildman–Crippen LogP) is 2.07. The zero-order valence-corrected chi connectivity index (χ0v) is 8.02. The number of nitrogens with two attached hydrogens (primary N) is 2. The van der Waals surface area contributed by atoms with Crippen molar-refractivity contribution < 1.29 is 4.74 Å². The number of nitrogen functional groups attached to an aromatic ring is 2. The van der Waals surface area contributed by atoms with Crippen LogP contribution in [0.2, 0.25) is 0 Å². The first-order valence-electron chi connectivity index (χ1n) is 3.82. The van der Waals surface area contributed by atoms with Crippen molar-refractivity contribution in [2.24, 2.45) is 0 Å². The molecule has 1 heterocycles. The fourth-order valence-electron chi connectivity index (χ4n) is 1.27. The Morgan fingerprint density at radius 1 is 1.23 bits per heavy atom. The molecule has 0 bridgehead atoms. The molecule has 0 amide bonds. The van der Waals surface area contributed by atoms with Gasteiger partial charge in [-0.1, -0.05) is 0 Å². The molecular formula is C9H10N2OS. The van der Waals surface area contributed by atoms with Gasteiger partial charge in [-0.2, -0.15) is 0 Å². The molecule has 4 heteroatoms. The Labute approximate surface area is 79.9 Å². The van der Waals surface area contributed by atoms with Crippen LogP contribution in [-0.4, -0.2) is 7.11 Å². The number of benzene rings is 1. The molecule has 3 nitrogen and oxygen atoms in total. The first-order chi connectivity index (χ1) is 6.22. The Balaban J connectivity index is 2.77. The predicted molar refractivity (Wildman–Crippen MR) is 57.2 cm³/mol. The van der Waals surface area contributed by atoms with Crippen LogP contribution in [-0.2, 0) is 0 Å². The summed E-state index contributed by atoms with van der Waals surface area (Å²) >= 11 is 1.59. The summed E-state index contributed by atoms with van der Waals surface area (Å²) in [5.41, 5.74) is 12.9. The highest BCUT2D eigenvalue weighted by Gasteiger charge is 2.05. The molecule has 13 heavy (non-hydrogen) atoms. The Hall–Kier alpha value is -1.42. The molecule has 0 saturated heterocycles. The first-order valence-corrected chi connectivity index (χ1v) is 4.70. The van der Waals surface area contributed by atoms with Gasteiger partial charge in [-0.05, 0) is 12.1 Å². The summed E-state index contributed by atoms with van der Waals surface area (Å²) in [6, 6.07) is 3.76. The third kappa shape index (κ3) is 1.19. The van der Waals surface area contributed by atoms with Crippen molar-refractivity contribution in [1.82, 2.24) is 0 Å². The Kier molecular flexibility index (Phi) is 1.77. The maximum absolute atomic E-state index is 5.76. The number of ether oxygens (including phenoxy) is 1. The van der Waals surface area contributed by atoms with E-state index in [1.807, 2.05) is 17.5 Å². The molecule has 0 aliphatic carbocycles. The third-order valence-corrected chi connectivity index (χ3v) is 2.92. The lowest BCUT2D eigenvalue weighted by Crippen LogP contribution is -1.91. The highest BCUT2D eigenvalue weighted by molar-refractivity contribution is 7.17. The zero-order chi connectivity index (χ0) is 9.42. The van der Waals surface area contributed by atoms with Crippen LogP contribution in [0.4, 0.5) is 11.4 Å². The van der Waals surface area contributed by atoms with Gasteiger partial charge in [0.2, 0.25) is 0 Å². The van der Waals surface area contributed by atoms with Gasteiger partial charge in [0.25, 0.3) is 0 Å². The molecule has 1 aromatic carbocycles. The van der Waals surface area contributed by atoms with Gasteiger partial charge >= 0.3 is 0 Å². The molecule has 0 saturated carbocycles. The van der Waals surface area contributed by atoms with Gasteiger partial charge in [0, 0.05) is 15.5 Å². The van der Waals surface area contributed by atoms with Crippen LogP contribution < -0.4 is 16.2 Å². The zero-order valence-electron chi connectivity index (χ0n) is 7.20. The van der Waals surface area contributed by atoms with Gasteiger partial charge in [-0.3, -0.25) is 0 Å². The topological polar surface area (TPSA) is 61.3 Å². The van der Waals surface area contributed by atoms with Crippen molar-refractivity contribution in [3.05, 3.63) is 17.5 Å². The number of rotatable bonds is 1. The summed E-state index contributed by atoms with van der Waals surface area (Å²) in [6.45, 7) is 0. The largest absolute Gasteiger partial charge is 0.495 e. The minimum atomic E-state index is 0.650. The van der Waals surface area contributed by atoms with E-state index < -0.39 is 0 Å². The van der Waals surface area contributed by atoms with E-state index in [0.29, 0.717) is 11.4 Å². The van der Waals surface area contributed by atoms with E-state index in [2.05, 4.69) is 0 Å². The Morgan fingerprint density at radius 2 is 2.00 bits per heavy atom. The lowest BCUT2D eigenvalue weighted by atomic mass is 10.2. The summed E-state index contributed by atoms with van der Waals surface area (Å²) < 4.78 is 6.19. The van der Waals surface area contributed by atoms with Crippen molar-refractivity contribution in [3.8, 4) is 5.75 Å². The van der Waals surface area contributed by atoms with E-state index in [1.54, 1.807) is 18.4 Å². The Morgan fingerprint density at radius 3 is 2.69 bits per heavy atom. The average molecular weight is 194 g/mol. The lowest BCUT2D eigenvalue weighted by molar-refractivity contribution is 0.417. The van der Waals surface area contributed by atoms with E-state index in [0.717, 1.165) is 15.8 Å². The summed E-state index contributed by atoms with van der Waals surface area (Å²) in [6.07, 6.45) is 0. The van der Waals surface area contributed by atoms with Crippen molar-refractivity contribution in [2.45, 2.75) is 0 Å². The number of thiophene rings is 1. The van der Waals surface area contributed by atoms with Crippen LogP contribution >= 0.6 is 11.3 Å². The second kappa shape index (κ2) is 2.81. The van der Waals surface area contributed by atoms with Crippen LogP contribution in [0.1, 0.15) is 0 Å². The number of methoxy groups -OCH3 is 1. The molecule has 0 radical (unpaired) electrons. The molecule has 0 aliphatic heterocycles. The van der Waals surface area contributed by atoms with Crippen molar-refractivity contribution >= 4 is 32.8 Å². The van der Waals surface area contributed by atoms with Crippen LogP contribution in [0.5, 0.6) is 5.75 Å². The van der Waals surface area contributed by atoms with Gasteiger partial charge in [0.15, 0.2) is 0 Å². The fourth-order valence-corrected chi connectivity index (χ4v) is 2.15. The van der Waals surface area contributed by atoms with Crippen LogP contribution in [0.3, 0.4) is 0 Å². The molecular weight excluding hydrogens is 184 g/mol. The van der Waals surface area contributed by atoms with Crippen molar-refractivity contribution in [2.75, 3.05) is 18.6 Å². The van der Waals surface area contributed by atoms with Gasteiger partial charge in [-0.25, -0.2) is 0 Å². The maximum atomic E-state index is 5.76. The monoisotopic (exact) mass is 194 g/mol. The van der Waals surface area contributed by atoms with Gasteiger partial charge in [-0.15, -0.1) is 11.3 Å². The smallest absolute Gasteiger partial charge is 0.142 e. The average Bonchev–Trinajstić information content (AvgIpc) is 2.46. The van der Waals surface area contributed by atoms with E-state index in [1.165, 1.54) is 0 Å². The number of hydrogen-bond acceptors (Lipinski definition) is 4. The van der Waals surface area contributed by atoms with E-state index in [9.17, 15) is 0 Å². The van der Waals surface area contributed by atoms with Crippen LogP contribution in [0, 0.1) is 0 Å². The fraction of sp³-hybridized carbons (Fsp3) is 0.111. The number of fused-ring (bicyclic) bond motifs is 1. The summed E-state index contributed by atoms with van der Waals surface area (Å²) in [4.78, 5) is 0. The highest BCUT2D eigenvalue weighted by Crippen LogP contribution is 2.34. The van der Waals surface area contributed by atoms with E-state index in [4.69, 9.17) is 16.2 Å². The van der Waals surface area contributed by atoms with Gasteiger partial charge < -0.3 is 16.2 Å². The molecule has 4 N–H and O–H groups in total. The quantitative estimate of drug-likeness (QED) is 0.683. The number of hydrogen-bond donors (Lipinski definition) is 2. The molecule has 0 unspecified atom stereocenters. The first kappa shape index (κ1) is 8.19. The molecule has 0 atom stereocenters. The molecule has 0 aliphatic rings. The molecule has 2 aromatic rings. The molecule has 0 fully saturated rings. The van der Waals surface area contributed by atoms with Crippen LogP contribution in [0.25, 0.3) is 10.1 Å². The van der Waals surface area contributed by atoms with Crippen LogP contribution in [0.15, 0.2) is 17.5 Å². The minimum absolute atomic E-state index is 0.650. The summed E-state index contributed by atoms with van der Waals surface area (Å²) in [7, 11) is 1.60. The van der Waals surface area contributed by atoms with E-state index in [-0.39, 0.29) is 0 Å². The molecule has 68 valence electrons. The molecule has 2 rings (SSSR count). The van der Waals surface area contributed by atoms with Gasteiger partial charge in [0.1, 0.15) is 5.75 Å². The van der Waals surface area contributed by atoms with Gasteiger partial charge in [0.05, 0.1) is 18.5 Å². The molecule has 0 spiro atoms. The summed E-state index contributed by atoms with van der Waals surface area (Å²) in [5, 5.41) is 2.92. The minimum Gasteiger partial charge on any atom is -0.495 e. The molecule has 1 aromatic heterocycles. The Bertz CT molecular complexity index is 450. The second-order valence-corrected chi connectivity index (χ2v) is 3.69.